The maximum Gasteiger partial charge on any atom is 0.372 e. The number of aliphatic hydroxyl groups is 5. The summed E-state index contributed by atoms with van der Waals surface area (Å²) in [5.41, 5.74) is 0. The van der Waals surface area contributed by atoms with Crippen molar-refractivity contribution in [2.75, 3.05) is 6.61 Å². The Hall–Kier alpha value is -0.850. The molecule has 22 heavy (non-hydrogen) atoms. The summed E-state index contributed by atoms with van der Waals surface area (Å²) in [6.07, 6.45) is -8.35. The maximum atomic E-state index is 11.0. The molecule has 0 fully saturated rings. The summed E-state index contributed by atoms with van der Waals surface area (Å²) < 4.78 is 0. The third-order valence-corrected chi connectivity index (χ3v) is 2.72. The molecule has 0 saturated heterocycles. The van der Waals surface area contributed by atoms with Crippen molar-refractivity contribution in [3.63, 3.8) is 0 Å². The van der Waals surface area contributed by atoms with Crippen LogP contribution in [0.2, 0.25) is 0 Å². The summed E-state index contributed by atoms with van der Waals surface area (Å²) in [5, 5.41) is 57.4. The fourth-order valence-electron chi connectivity index (χ4n) is 1.60. The second-order valence-electron chi connectivity index (χ2n) is 4.46. The van der Waals surface area contributed by atoms with Crippen LogP contribution in [0.15, 0.2) is 0 Å². The van der Waals surface area contributed by atoms with Crippen LogP contribution in [0, 0.1) is 0 Å². The van der Waals surface area contributed by atoms with E-state index in [2.05, 4.69) is 0 Å². The molecule has 0 unspecified atom stereocenters. The molecule has 11 heteroatoms. The average molecular weight is 417 g/mol. The summed E-state index contributed by atoms with van der Waals surface area (Å²) >= 11 is 0. The molecule has 5 atom stereocenters. The first kappa shape index (κ1) is 23.4. The Morgan fingerprint density at radius 2 is 1.50 bits per heavy atom. The molecule has 10 nitrogen and oxygen atoms in total. The molecule has 0 aliphatic heterocycles. The Labute approximate surface area is 141 Å². The third kappa shape index (κ3) is 7.42. The second kappa shape index (κ2) is 10.8. The Bertz CT molecular complexity index is 392. The van der Waals surface area contributed by atoms with Gasteiger partial charge in [-0.2, -0.15) is 0 Å². The average Bonchev–Trinajstić information content (AvgIpc) is 2.41. The zero-order valence-corrected chi connectivity index (χ0v) is 13.0. The number of nitrogens with one attached hydrogen (secondary N) is 1. The van der Waals surface area contributed by atoms with E-state index in [1.165, 1.54) is 0 Å². The molecule has 7 N–H and O–H groups in total. The number of ketones is 1. The van der Waals surface area contributed by atoms with E-state index in [0.717, 1.165) is 6.92 Å². The molecule has 0 heterocycles. The number of rotatable bonds is 9. The predicted octanol–water partition coefficient (Wildman–Crippen LogP) is -4.03. The van der Waals surface area contributed by atoms with Gasteiger partial charge in [-0.15, -0.1) is 0 Å². The number of hydrogen-bond donors (Lipinski definition) is 7. The first-order chi connectivity index (χ1) is 9.61. The van der Waals surface area contributed by atoms with Crippen LogP contribution in [0.5, 0.6) is 0 Å². The van der Waals surface area contributed by atoms with Gasteiger partial charge in [0.05, 0.1) is 18.8 Å². The van der Waals surface area contributed by atoms with Crippen molar-refractivity contribution in [1.82, 2.24) is 5.32 Å². The minimum Gasteiger partial charge on any atom is -0.475 e. The molecule has 1 radical (unpaired) electrons. The van der Waals surface area contributed by atoms with Crippen molar-refractivity contribution in [3.8, 4) is 0 Å². The van der Waals surface area contributed by atoms with Crippen molar-refractivity contribution in [3.05, 3.63) is 0 Å². The minimum absolute atomic E-state index is 0. The van der Waals surface area contributed by atoms with Gasteiger partial charge in [-0.1, -0.05) is 0 Å². The van der Waals surface area contributed by atoms with E-state index in [1.807, 2.05) is 5.32 Å². The van der Waals surface area contributed by atoms with Crippen molar-refractivity contribution in [2.24, 2.45) is 0 Å². The van der Waals surface area contributed by atoms with Gasteiger partial charge in [0, 0.05) is 35.7 Å². The summed E-state index contributed by atoms with van der Waals surface area (Å²) in [4.78, 5) is 32.4. The molecular formula is C11H19AgNO9. The maximum absolute atomic E-state index is 11.0. The smallest absolute Gasteiger partial charge is 0.372 e. The number of aliphatic hydroxyl groups excluding tert-OH is 5. The zero-order chi connectivity index (χ0) is 16.7. The number of hydrogen-bond acceptors (Lipinski definition) is 8. The van der Waals surface area contributed by atoms with Crippen LogP contribution in [0.1, 0.15) is 13.3 Å². The minimum atomic E-state index is -1.94. The quantitative estimate of drug-likeness (QED) is 0.145. The van der Waals surface area contributed by atoms with Crippen LogP contribution in [-0.2, 0) is 36.8 Å². The molecule has 133 valence electrons. The van der Waals surface area contributed by atoms with Crippen molar-refractivity contribution in [1.29, 1.82) is 0 Å². The van der Waals surface area contributed by atoms with E-state index in [1.54, 1.807) is 0 Å². The number of carbonyl (C=O) groups excluding carboxylic acids is 2. The number of carboxylic acids is 1. The Kier molecular flexibility index (Phi) is 11.5. The van der Waals surface area contributed by atoms with Crippen LogP contribution < -0.4 is 5.32 Å². The molecule has 0 aliphatic carbocycles. The molecule has 0 aromatic heterocycles. The van der Waals surface area contributed by atoms with Gasteiger partial charge in [0.2, 0.25) is 11.7 Å². The van der Waals surface area contributed by atoms with Gasteiger partial charge in [0.15, 0.2) is 0 Å². The standard InChI is InChI=1S/C11H19NO9.Ag/c1-4(14)12-8(5(15)2-6(16)11(20)21)10(19)9(18)7(17)3-13;/h5,7-10,13,15,17-19H,2-3H2,1H3,(H,12,14)(H,20,21);/t5-,7+,8+,9+,10+;/m0./s1. The van der Waals surface area contributed by atoms with Crippen LogP contribution in [0.25, 0.3) is 0 Å². The summed E-state index contributed by atoms with van der Waals surface area (Å²) in [6.45, 7) is 0.134. The predicted molar refractivity (Wildman–Crippen MR) is 66.0 cm³/mol. The van der Waals surface area contributed by atoms with Crippen LogP contribution in [0.3, 0.4) is 0 Å². The first-order valence-electron chi connectivity index (χ1n) is 5.98. The number of carboxylic acid groups (broad SMARTS) is 1. The van der Waals surface area contributed by atoms with Crippen molar-refractivity contribution in [2.45, 2.75) is 43.8 Å². The molecule has 0 bridgehead atoms. The normalized spacial score (nSPS) is 17.4. The van der Waals surface area contributed by atoms with Gasteiger partial charge < -0.3 is 36.0 Å². The molecule has 1 amide bonds. The van der Waals surface area contributed by atoms with Gasteiger partial charge in [-0.3, -0.25) is 9.59 Å². The zero-order valence-electron chi connectivity index (χ0n) is 11.5. The van der Waals surface area contributed by atoms with E-state index < -0.39 is 61.1 Å². The molecule has 0 aromatic rings. The van der Waals surface area contributed by atoms with Gasteiger partial charge in [0.25, 0.3) is 0 Å². The number of carbonyl (C=O) groups is 3. The fourth-order valence-corrected chi connectivity index (χ4v) is 1.60. The van der Waals surface area contributed by atoms with Crippen molar-refractivity contribution >= 4 is 17.7 Å². The Morgan fingerprint density at radius 3 is 1.86 bits per heavy atom. The molecule has 0 rings (SSSR count). The van der Waals surface area contributed by atoms with Crippen LogP contribution in [-0.4, -0.2) is 85.4 Å². The number of aliphatic carboxylic acids is 1. The SMILES string of the molecule is CC(=O)N[C@@H]([C@@H](O)[C@H](O)[C@H](O)CO)[C@@H](O)CC(=O)C(=O)O.[Ag]. The molecule has 0 saturated carbocycles. The van der Waals surface area contributed by atoms with E-state index in [9.17, 15) is 34.8 Å². The van der Waals surface area contributed by atoms with Crippen molar-refractivity contribution < 1.29 is 67.4 Å². The first-order valence-corrected chi connectivity index (χ1v) is 5.98. The van der Waals surface area contributed by atoms with E-state index in [4.69, 9.17) is 10.2 Å². The Morgan fingerprint density at radius 1 is 1.00 bits per heavy atom. The van der Waals surface area contributed by atoms with Crippen LogP contribution >= 0.6 is 0 Å². The number of amides is 1. The molecule has 0 spiro atoms. The monoisotopic (exact) mass is 416 g/mol. The van der Waals surface area contributed by atoms with Gasteiger partial charge in [-0.05, 0) is 0 Å². The van der Waals surface area contributed by atoms with Gasteiger partial charge >= 0.3 is 5.97 Å². The fraction of sp³-hybridized carbons (Fsp3) is 0.727. The molecular weight excluding hydrogens is 398 g/mol. The summed E-state index contributed by atoms with van der Waals surface area (Å²) in [7, 11) is 0. The summed E-state index contributed by atoms with van der Waals surface area (Å²) in [6, 6.07) is -1.61. The van der Waals surface area contributed by atoms with Gasteiger partial charge in [0.1, 0.15) is 18.3 Å². The van der Waals surface area contributed by atoms with Crippen LogP contribution in [0.4, 0.5) is 0 Å². The topological polar surface area (TPSA) is 185 Å². The number of Topliss-reactive ketones (excluding diaryl/α,β-unsaturated/α-hetero) is 1. The van der Waals surface area contributed by atoms with E-state index in [0.29, 0.717) is 0 Å². The Balaban J connectivity index is 0. The molecule has 0 aliphatic rings. The second-order valence-corrected chi connectivity index (χ2v) is 4.46. The molecule has 0 aromatic carbocycles. The van der Waals surface area contributed by atoms with E-state index >= 15 is 0 Å². The largest absolute Gasteiger partial charge is 0.475 e. The third-order valence-electron chi connectivity index (χ3n) is 2.72. The summed E-state index contributed by atoms with van der Waals surface area (Å²) in [5.74, 6) is -3.89. The van der Waals surface area contributed by atoms with E-state index in [-0.39, 0.29) is 22.4 Å². The van der Waals surface area contributed by atoms with Gasteiger partial charge in [-0.25, -0.2) is 4.79 Å².